The summed E-state index contributed by atoms with van der Waals surface area (Å²) in [6, 6.07) is 19.2. The monoisotopic (exact) mass is 636 g/mol. The maximum atomic E-state index is 12.8. The quantitative estimate of drug-likeness (QED) is 0.188. The van der Waals surface area contributed by atoms with Crippen LogP contribution in [0, 0.1) is 6.92 Å². The van der Waals surface area contributed by atoms with Crippen molar-refractivity contribution in [2.75, 3.05) is 23.7 Å². The number of amides is 2. The number of aromatic nitrogens is 3. The van der Waals surface area contributed by atoms with Gasteiger partial charge in [0.15, 0.2) is 11.0 Å². The van der Waals surface area contributed by atoms with Crippen LogP contribution < -0.4 is 15.0 Å². The van der Waals surface area contributed by atoms with E-state index in [-0.39, 0.29) is 11.8 Å². The highest BCUT2D eigenvalue weighted by Crippen LogP contribution is 2.34. The lowest BCUT2D eigenvalue weighted by molar-refractivity contribution is -0.274. The number of halogens is 3. The Kier molecular flexibility index (Phi) is 10.1. The summed E-state index contributed by atoms with van der Waals surface area (Å²) in [5, 5.41) is 8.13. The maximum Gasteiger partial charge on any atom is 0.573 e. The number of hydrogen-bond donors (Lipinski definition) is 1. The fraction of sp³-hybridized carbons (Fsp3) is 0.333. The van der Waals surface area contributed by atoms with E-state index in [9.17, 15) is 18.0 Å². The second-order valence-electron chi connectivity index (χ2n) is 11.0. The normalized spacial score (nSPS) is 14.6. The minimum atomic E-state index is -4.74. The number of nitrogens with one attached hydrogen (secondary N) is 1. The van der Waals surface area contributed by atoms with Gasteiger partial charge in [-0.05, 0) is 79.1 Å². The second kappa shape index (κ2) is 14.2. The molecule has 2 amide bonds. The SMILES string of the molecule is Cc1cccc(N2CCCS/C2=N\C(=O)NCCCc2ccc(-c3ncn(-c4ccc(OC(F)(F)F)cc4)n3)cc2)c1C(C)C. The molecule has 1 N–H and O–H groups in total. The van der Waals surface area contributed by atoms with Gasteiger partial charge in [0.05, 0.1) is 5.69 Å². The molecular formula is C33H35F3N6O2S. The average Bonchev–Trinajstić information content (AvgIpc) is 3.50. The van der Waals surface area contributed by atoms with Crippen molar-refractivity contribution >= 4 is 28.6 Å². The first kappa shape index (κ1) is 32.1. The number of aliphatic imine (C=N–C) groups is 1. The molecule has 4 aromatic rings. The van der Waals surface area contributed by atoms with E-state index in [4.69, 9.17) is 0 Å². The number of nitrogens with zero attached hydrogens (tertiary/aromatic N) is 5. The molecule has 1 aromatic heterocycles. The van der Waals surface area contributed by atoms with Crippen molar-refractivity contribution in [3.8, 4) is 22.8 Å². The van der Waals surface area contributed by atoms with Crippen LogP contribution in [0.25, 0.3) is 17.1 Å². The van der Waals surface area contributed by atoms with Crippen molar-refractivity contribution in [1.29, 1.82) is 0 Å². The van der Waals surface area contributed by atoms with E-state index in [1.165, 1.54) is 46.4 Å². The van der Waals surface area contributed by atoms with Gasteiger partial charge >= 0.3 is 12.4 Å². The highest BCUT2D eigenvalue weighted by molar-refractivity contribution is 8.14. The number of urea groups is 1. The zero-order chi connectivity index (χ0) is 32.0. The van der Waals surface area contributed by atoms with E-state index in [1.54, 1.807) is 11.8 Å². The molecule has 0 radical (unpaired) electrons. The zero-order valence-corrected chi connectivity index (χ0v) is 26.2. The minimum absolute atomic E-state index is 0.303. The highest BCUT2D eigenvalue weighted by atomic mass is 32.2. The summed E-state index contributed by atoms with van der Waals surface area (Å²) in [6.07, 6.45) is -0.681. The molecule has 0 saturated carbocycles. The van der Waals surface area contributed by atoms with Crippen molar-refractivity contribution in [3.63, 3.8) is 0 Å². The molecule has 0 unspecified atom stereocenters. The number of ether oxygens (including phenoxy) is 1. The van der Waals surface area contributed by atoms with Gasteiger partial charge in [0.25, 0.3) is 0 Å². The van der Waals surface area contributed by atoms with Crippen molar-refractivity contribution in [2.24, 2.45) is 4.99 Å². The van der Waals surface area contributed by atoms with Gasteiger partial charge in [0.1, 0.15) is 12.1 Å². The van der Waals surface area contributed by atoms with Gasteiger partial charge in [-0.15, -0.1) is 18.3 Å². The van der Waals surface area contributed by atoms with E-state index in [1.807, 2.05) is 24.3 Å². The Morgan fingerprint density at radius 3 is 2.56 bits per heavy atom. The summed E-state index contributed by atoms with van der Waals surface area (Å²) in [6.45, 7) is 7.85. The van der Waals surface area contributed by atoms with Crippen LogP contribution in [0.2, 0.25) is 0 Å². The van der Waals surface area contributed by atoms with E-state index in [0.717, 1.165) is 53.5 Å². The number of benzene rings is 3. The summed E-state index contributed by atoms with van der Waals surface area (Å²) in [5.41, 5.74) is 6.13. The molecule has 236 valence electrons. The Hall–Kier alpha value is -4.32. The Labute approximate surface area is 264 Å². The number of carbonyl (C=O) groups excluding carboxylic acids is 1. The third-order valence-corrected chi connectivity index (χ3v) is 8.37. The van der Waals surface area contributed by atoms with Crippen molar-refractivity contribution in [2.45, 2.75) is 52.3 Å². The van der Waals surface area contributed by atoms with Gasteiger partial charge in [-0.2, -0.15) is 4.99 Å². The van der Waals surface area contributed by atoms with Crippen LogP contribution in [-0.2, 0) is 6.42 Å². The largest absolute Gasteiger partial charge is 0.573 e. The molecule has 0 bridgehead atoms. The van der Waals surface area contributed by atoms with Crippen LogP contribution in [0.4, 0.5) is 23.7 Å². The van der Waals surface area contributed by atoms with E-state index >= 15 is 0 Å². The summed E-state index contributed by atoms with van der Waals surface area (Å²) in [7, 11) is 0. The van der Waals surface area contributed by atoms with Gasteiger partial charge in [-0.1, -0.05) is 62.0 Å². The Balaban J connectivity index is 1.13. The van der Waals surface area contributed by atoms with E-state index in [2.05, 4.69) is 69.0 Å². The summed E-state index contributed by atoms with van der Waals surface area (Å²) in [4.78, 5) is 23.7. The number of hydrogen-bond acceptors (Lipinski definition) is 5. The fourth-order valence-corrected chi connectivity index (χ4v) is 6.23. The van der Waals surface area contributed by atoms with Crippen LogP contribution in [0.15, 0.2) is 78.0 Å². The predicted molar refractivity (Wildman–Crippen MR) is 172 cm³/mol. The summed E-state index contributed by atoms with van der Waals surface area (Å²) >= 11 is 1.62. The molecule has 1 saturated heterocycles. The molecule has 45 heavy (non-hydrogen) atoms. The molecule has 1 aliphatic heterocycles. The molecular weight excluding hydrogens is 601 g/mol. The molecule has 1 aliphatic rings. The minimum Gasteiger partial charge on any atom is -0.406 e. The van der Waals surface area contributed by atoms with Crippen molar-refractivity contribution in [1.82, 2.24) is 20.1 Å². The Morgan fingerprint density at radius 2 is 1.84 bits per heavy atom. The molecule has 0 spiro atoms. The summed E-state index contributed by atoms with van der Waals surface area (Å²) in [5.74, 6) is 1.49. The number of alkyl halides is 3. The van der Waals surface area contributed by atoms with Crippen molar-refractivity contribution in [3.05, 3.63) is 89.7 Å². The van der Waals surface area contributed by atoms with Crippen LogP contribution in [0.1, 0.15) is 49.3 Å². The third-order valence-electron chi connectivity index (χ3n) is 7.31. The predicted octanol–water partition coefficient (Wildman–Crippen LogP) is 7.91. The van der Waals surface area contributed by atoms with Gasteiger partial charge in [-0.25, -0.2) is 14.5 Å². The van der Waals surface area contributed by atoms with Crippen molar-refractivity contribution < 1.29 is 22.7 Å². The van der Waals surface area contributed by atoms with Crippen LogP contribution >= 0.6 is 11.8 Å². The molecule has 3 aromatic carbocycles. The van der Waals surface area contributed by atoms with Gasteiger partial charge in [0.2, 0.25) is 0 Å². The lowest BCUT2D eigenvalue weighted by Crippen LogP contribution is -2.36. The smallest absolute Gasteiger partial charge is 0.406 e. The number of aryl methyl sites for hydroxylation is 2. The Morgan fingerprint density at radius 1 is 1.09 bits per heavy atom. The number of rotatable bonds is 9. The highest BCUT2D eigenvalue weighted by Gasteiger charge is 2.31. The van der Waals surface area contributed by atoms with Crippen LogP contribution in [0.3, 0.4) is 0 Å². The molecule has 0 atom stereocenters. The molecule has 2 heterocycles. The average molecular weight is 637 g/mol. The summed E-state index contributed by atoms with van der Waals surface area (Å²) < 4.78 is 42.6. The molecule has 5 rings (SSSR count). The van der Waals surface area contributed by atoms with Gasteiger partial charge < -0.3 is 15.0 Å². The number of anilines is 1. The Bertz CT molecular complexity index is 1640. The van der Waals surface area contributed by atoms with Crippen LogP contribution in [-0.4, -0.2) is 51.2 Å². The molecule has 12 heteroatoms. The van der Waals surface area contributed by atoms with E-state index < -0.39 is 6.36 Å². The maximum absolute atomic E-state index is 12.8. The van der Waals surface area contributed by atoms with Gasteiger partial charge in [0, 0.05) is 30.1 Å². The van der Waals surface area contributed by atoms with Gasteiger partial charge in [-0.3, -0.25) is 0 Å². The molecule has 1 fully saturated rings. The zero-order valence-electron chi connectivity index (χ0n) is 25.3. The fourth-order valence-electron chi connectivity index (χ4n) is 5.28. The van der Waals surface area contributed by atoms with Crippen LogP contribution in [0.5, 0.6) is 5.75 Å². The number of carbonyl (C=O) groups is 1. The van der Waals surface area contributed by atoms with E-state index in [0.29, 0.717) is 24.0 Å². The molecule has 0 aliphatic carbocycles. The lowest BCUT2D eigenvalue weighted by atomic mass is 9.95. The number of amidine groups is 1. The first-order valence-corrected chi connectivity index (χ1v) is 15.8. The number of thioether (sulfide) groups is 1. The third kappa shape index (κ3) is 8.44. The standard InChI is InChI=1S/C33H35F3N6O2S/c1-22(2)29-23(3)7-4-9-28(29)41-19-6-20-45-32(41)39-31(43)37-18-5-8-24-10-12-25(13-11-24)30-38-21-42(40-30)26-14-16-27(17-15-26)44-33(34,35)36/h4,7,9-17,21-22H,5-6,8,18-20H2,1-3H3,(H,37,43)/b39-32-. The topological polar surface area (TPSA) is 84.6 Å². The lowest BCUT2D eigenvalue weighted by Gasteiger charge is -2.32. The first-order valence-electron chi connectivity index (χ1n) is 14.8. The second-order valence-corrected chi connectivity index (χ2v) is 12.1. The first-order chi connectivity index (χ1) is 21.6. The molecule has 8 nitrogen and oxygen atoms in total.